The second kappa shape index (κ2) is 6.56. The summed E-state index contributed by atoms with van der Waals surface area (Å²) in [6.07, 6.45) is 5.00. The smallest absolute Gasteiger partial charge is 0.285 e. The molecule has 6 heteroatoms. The van der Waals surface area contributed by atoms with Crippen molar-refractivity contribution in [2.24, 2.45) is 0 Å². The van der Waals surface area contributed by atoms with Gasteiger partial charge in [0.2, 0.25) is 5.91 Å². The van der Waals surface area contributed by atoms with Gasteiger partial charge in [-0.25, -0.2) is 4.68 Å². The van der Waals surface area contributed by atoms with E-state index in [9.17, 15) is 9.59 Å². The Bertz CT molecular complexity index is 725. The maximum atomic E-state index is 12.5. The van der Waals surface area contributed by atoms with Gasteiger partial charge in [-0.3, -0.25) is 9.59 Å². The summed E-state index contributed by atoms with van der Waals surface area (Å²) in [5, 5.41) is 13.3. The summed E-state index contributed by atoms with van der Waals surface area (Å²) in [4.78, 5) is 26.4. The topological polar surface area (TPSA) is 79.0 Å². The molecule has 0 spiro atoms. The molecule has 1 aromatic rings. The monoisotopic (exact) mass is 300 g/mol. The summed E-state index contributed by atoms with van der Waals surface area (Å²) < 4.78 is 1.10. The van der Waals surface area contributed by atoms with Gasteiger partial charge in [-0.1, -0.05) is 6.08 Å². The number of rotatable bonds is 4. The second-order valence-corrected chi connectivity index (χ2v) is 5.39. The zero-order chi connectivity index (χ0) is 16.3. The Morgan fingerprint density at radius 1 is 1.50 bits per heavy atom. The summed E-state index contributed by atoms with van der Waals surface area (Å²) in [6, 6.07) is 1.91. The molecule has 0 saturated heterocycles. The first-order chi connectivity index (χ1) is 10.5. The van der Waals surface area contributed by atoms with Crippen LogP contribution in [0.25, 0.3) is 0 Å². The number of hydrogen-bond acceptors (Lipinski definition) is 4. The third-order valence-electron chi connectivity index (χ3n) is 4.01. The lowest BCUT2D eigenvalue weighted by Gasteiger charge is -2.22. The van der Waals surface area contributed by atoms with Crippen LogP contribution in [0.15, 0.2) is 16.6 Å². The third kappa shape index (κ3) is 2.93. The van der Waals surface area contributed by atoms with Crippen molar-refractivity contribution in [2.45, 2.75) is 46.6 Å². The average molecular weight is 300 g/mol. The molecule has 1 aliphatic rings. The van der Waals surface area contributed by atoms with Crippen molar-refractivity contribution >= 4 is 5.91 Å². The van der Waals surface area contributed by atoms with E-state index in [-0.39, 0.29) is 18.0 Å². The number of aromatic nitrogens is 2. The minimum Gasteiger partial charge on any atom is -0.315 e. The fourth-order valence-corrected chi connectivity index (χ4v) is 2.66. The van der Waals surface area contributed by atoms with Crippen molar-refractivity contribution in [2.75, 3.05) is 6.54 Å². The minimum atomic E-state index is -0.504. The van der Waals surface area contributed by atoms with E-state index >= 15 is 0 Å². The summed E-state index contributed by atoms with van der Waals surface area (Å²) >= 11 is 0. The van der Waals surface area contributed by atoms with Crippen LogP contribution in [0, 0.1) is 25.2 Å². The predicted molar refractivity (Wildman–Crippen MR) is 82.0 cm³/mol. The van der Waals surface area contributed by atoms with Crippen LogP contribution in [0.1, 0.15) is 43.0 Å². The lowest BCUT2D eigenvalue weighted by atomic mass is 10.1. The number of aryl methyl sites for hydroxylation is 1. The minimum absolute atomic E-state index is 0.0587. The van der Waals surface area contributed by atoms with E-state index in [1.165, 1.54) is 0 Å². The molecule has 0 aliphatic heterocycles. The van der Waals surface area contributed by atoms with E-state index in [2.05, 4.69) is 11.2 Å². The van der Waals surface area contributed by atoms with Gasteiger partial charge in [0.25, 0.3) is 5.56 Å². The maximum absolute atomic E-state index is 12.5. The Morgan fingerprint density at radius 3 is 2.77 bits per heavy atom. The molecule has 0 saturated carbocycles. The van der Waals surface area contributed by atoms with Gasteiger partial charge in [0.15, 0.2) is 0 Å². The largest absolute Gasteiger partial charge is 0.315 e. The van der Waals surface area contributed by atoms with E-state index in [1.54, 1.807) is 18.7 Å². The first kappa shape index (κ1) is 16.0. The molecule has 0 aromatic carbocycles. The zero-order valence-corrected chi connectivity index (χ0v) is 13.2. The molecule has 116 valence electrons. The van der Waals surface area contributed by atoms with Crippen molar-refractivity contribution in [3.05, 3.63) is 38.9 Å². The normalized spacial score (nSPS) is 13.6. The highest BCUT2D eigenvalue weighted by Gasteiger charge is 2.21. The lowest BCUT2D eigenvalue weighted by Crippen LogP contribution is -2.37. The van der Waals surface area contributed by atoms with Crippen LogP contribution in [0.3, 0.4) is 0 Å². The zero-order valence-electron chi connectivity index (χ0n) is 13.2. The summed E-state index contributed by atoms with van der Waals surface area (Å²) in [7, 11) is 0. The van der Waals surface area contributed by atoms with Gasteiger partial charge in [0, 0.05) is 12.2 Å². The highest BCUT2D eigenvalue weighted by molar-refractivity contribution is 5.77. The number of allylic oxidation sites excluding steroid dienone is 2. The molecular weight excluding hydrogens is 280 g/mol. The lowest BCUT2D eigenvalue weighted by molar-refractivity contribution is -0.130. The number of likely N-dealkylation sites (N-methyl/N-ethyl adjacent to an activating group) is 1. The van der Waals surface area contributed by atoms with Crippen molar-refractivity contribution < 1.29 is 4.79 Å². The molecule has 1 heterocycles. The SMILES string of the molecule is CCN(C(=O)Cn1nc(C)c(C)c(C#N)c1=O)C1=CCCC1. The Hall–Kier alpha value is -2.42. The van der Waals surface area contributed by atoms with Gasteiger partial charge in [0.05, 0.1) is 5.69 Å². The molecule has 0 fully saturated rings. The highest BCUT2D eigenvalue weighted by Crippen LogP contribution is 2.21. The number of carbonyl (C=O) groups excluding carboxylic acids is 1. The van der Waals surface area contributed by atoms with Crippen molar-refractivity contribution in [1.29, 1.82) is 5.26 Å². The molecule has 0 radical (unpaired) electrons. The summed E-state index contributed by atoms with van der Waals surface area (Å²) in [6.45, 7) is 5.76. The van der Waals surface area contributed by atoms with Gasteiger partial charge in [-0.05, 0) is 45.6 Å². The Kier molecular flexibility index (Phi) is 4.76. The number of nitriles is 1. The van der Waals surface area contributed by atoms with Gasteiger partial charge in [0.1, 0.15) is 18.2 Å². The maximum Gasteiger partial charge on any atom is 0.285 e. The van der Waals surface area contributed by atoms with Crippen molar-refractivity contribution in [1.82, 2.24) is 14.7 Å². The average Bonchev–Trinajstić information content (AvgIpc) is 3.00. The van der Waals surface area contributed by atoms with Crippen molar-refractivity contribution in [3.8, 4) is 6.07 Å². The molecule has 22 heavy (non-hydrogen) atoms. The standard InChI is InChI=1S/C16H20N4O2/c1-4-19(13-7-5-6-8-13)15(21)10-20-16(22)14(9-17)11(2)12(3)18-20/h7H,4-6,8,10H2,1-3H3. The first-order valence-electron chi connectivity index (χ1n) is 7.47. The molecule has 1 aliphatic carbocycles. The van der Waals surface area contributed by atoms with Crippen LogP contribution in [-0.2, 0) is 11.3 Å². The summed E-state index contributed by atoms with van der Waals surface area (Å²) in [5.41, 5.74) is 1.73. The molecule has 0 bridgehead atoms. The van der Waals surface area contributed by atoms with Crippen LogP contribution in [0.5, 0.6) is 0 Å². The fourth-order valence-electron chi connectivity index (χ4n) is 2.66. The molecule has 0 atom stereocenters. The Balaban J connectivity index is 2.31. The number of amides is 1. The Labute approximate surface area is 129 Å². The molecule has 1 amide bonds. The van der Waals surface area contributed by atoms with Crippen LogP contribution in [-0.4, -0.2) is 27.1 Å². The van der Waals surface area contributed by atoms with Crippen molar-refractivity contribution in [3.63, 3.8) is 0 Å². The molecule has 2 rings (SSSR count). The second-order valence-electron chi connectivity index (χ2n) is 5.39. The van der Waals surface area contributed by atoms with E-state index in [0.29, 0.717) is 17.8 Å². The molecule has 0 unspecified atom stereocenters. The molecule has 0 N–H and O–H groups in total. The van der Waals surface area contributed by atoms with Gasteiger partial charge >= 0.3 is 0 Å². The number of carbonyl (C=O) groups is 1. The summed E-state index contributed by atoms with van der Waals surface area (Å²) in [5.74, 6) is -0.169. The van der Waals surface area contributed by atoms with Crippen LogP contribution in [0.4, 0.5) is 0 Å². The van der Waals surface area contributed by atoms with Crippen LogP contribution < -0.4 is 5.56 Å². The van der Waals surface area contributed by atoms with E-state index in [0.717, 1.165) is 29.6 Å². The molecule has 1 aromatic heterocycles. The predicted octanol–water partition coefficient (Wildman–Crippen LogP) is 1.65. The van der Waals surface area contributed by atoms with E-state index in [4.69, 9.17) is 5.26 Å². The van der Waals surface area contributed by atoms with Gasteiger partial charge < -0.3 is 4.90 Å². The van der Waals surface area contributed by atoms with E-state index in [1.807, 2.05) is 13.0 Å². The highest BCUT2D eigenvalue weighted by atomic mass is 16.2. The first-order valence-corrected chi connectivity index (χ1v) is 7.47. The molecule has 6 nitrogen and oxygen atoms in total. The Morgan fingerprint density at radius 2 is 2.23 bits per heavy atom. The number of nitrogens with zero attached hydrogens (tertiary/aromatic N) is 4. The fraction of sp³-hybridized carbons (Fsp3) is 0.500. The molecular formula is C16H20N4O2. The van der Waals surface area contributed by atoms with E-state index < -0.39 is 5.56 Å². The van der Waals surface area contributed by atoms with Crippen LogP contribution in [0.2, 0.25) is 0 Å². The van der Waals surface area contributed by atoms with Crippen LogP contribution >= 0.6 is 0 Å². The van der Waals surface area contributed by atoms with Gasteiger partial charge in [-0.15, -0.1) is 0 Å². The quantitative estimate of drug-likeness (QED) is 0.847. The van der Waals surface area contributed by atoms with Gasteiger partial charge in [-0.2, -0.15) is 10.4 Å². The number of hydrogen-bond donors (Lipinski definition) is 0. The third-order valence-corrected chi connectivity index (χ3v) is 4.01.